The van der Waals surface area contributed by atoms with Crippen LogP contribution in [0.1, 0.15) is 0 Å². The summed E-state index contributed by atoms with van der Waals surface area (Å²) in [5.41, 5.74) is 0. The highest BCUT2D eigenvalue weighted by atomic mass is 19.2. The Hall–Kier alpha value is -1.12. The molecule has 3 heteroatoms. The van der Waals surface area contributed by atoms with Gasteiger partial charge in [-0.25, -0.2) is 4.39 Å². The van der Waals surface area contributed by atoms with Gasteiger partial charge in [0.25, 0.3) is 0 Å². The van der Waals surface area contributed by atoms with Gasteiger partial charge in [-0.3, -0.25) is 0 Å². The van der Waals surface area contributed by atoms with Crippen LogP contribution in [0.3, 0.4) is 0 Å². The molecule has 0 rings (SSSR count). The van der Waals surface area contributed by atoms with E-state index in [0.717, 1.165) is 0 Å². The Morgan fingerprint density at radius 2 is 1.89 bits per heavy atom. The largest absolute Gasteiger partial charge is 0.505 e. The van der Waals surface area contributed by atoms with Gasteiger partial charge in [-0.1, -0.05) is 13.2 Å². The lowest BCUT2D eigenvalue weighted by Crippen LogP contribution is -1.80. The summed E-state index contributed by atoms with van der Waals surface area (Å²) < 4.78 is 23.9. The van der Waals surface area contributed by atoms with Crippen molar-refractivity contribution in [2.75, 3.05) is 0 Å². The highest BCUT2D eigenvalue weighted by molar-refractivity contribution is 5.24. The van der Waals surface area contributed by atoms with Crippen molar-refractivity contribution < 1.29 is 13.9 Å². The van der Waals surface area contributed by atoms with Gasteiger partial charge in [-0.2, -0.15) is 4.39 Å². The van der Waals surface area contributed by atoms with Gasteiger partial charge in [0.2, 0.25) is 0 Å². The topological polar surface area (TPSA) is 20.2 Å². The summed E-state index contributed by atoms with van der Waals surface area (Å²) >= 11 is 0. The standard InChI is InChI=1S/C6H6F2O/c1-3-5(7)6(8)4(2)9/h3,9H,1-2H2/b6-5-. The second-order valence-corrected chi connectivity index (χ2v) is 1.31. The molecule has 0 heterocycles. The molecule has 0 aliphatic heterocycles. The molecule has 0 aromatic rings. The van der Waals surface area contributed by atoms with Crippen molar-refractivity contribution in [3.8, 4) is 0 Å². The maximum Gasteiger partial charge on any atom is 0.199 e. The van der Waals surface area contributed by atoms with E-state index in [1.807, 2.05) is 0 Å². The van der Waals surface area contributed by atoms with Crippen LogP contribution in [0.2, 0.25) is 0 Å². The third-order valence-corrected chi connectivity index (χ3v) is 0.642. The van der Waals surface area contributed by atoms with Crippen molar-refractivity contribution in [2.45, 2.75) is 0 Å². The van der Waals surface area contributed by atoms with Gasteiger partial charge in [0, 0.05) is 0 Å². The number of hydrogen-bond donors (Lipinski definition) is 1. The van der Waals surface area contributed by atoms with Crippen LogP contribution in [-0.4, -0.2) is 5.11 Å². The summed E-state index contributed by atoms with van der Waals surface area (Å²) in [5, 5.41) is 8.21. The number of aliphatic hydroxyl groups excluding tert-OH is 1. The van der Waals surface area contributed by atoms with Crippen LogP contribution in [0.5, 0.6) is 0 Å². The second-order valence-electron chi connectivity index (χ2n) is 1.31. The molecule has 1 N–H and O–H groups in total. The van der Waals surface area contributed by atoms with Gasteiger partial charge >= 0.3 is 0 Å². The lowest BCUT2D eigenvalue weighted by molar-refractivity contribution is 0.382. The van der Waals surface area contributed by atoms with Crippen molar-refractivity contribution in [1.82, 2.24) is 0 Å². The summed E-state index contributed by atoms with van der Waals surface area (Å²) in [5.74, 6) is -3.50. The maximum atomic E-state index is 12.0. The average Bonchev–Trinajstić information content (AvgIpc) is 1.84. The quantitative estimate of drug-likeness (QED) is 0.451. The second kappa shape index (κ2) is 3.02. The Kier molecular flexibility index (Phi) is 2.64. The van der Waals surface area contributed by atoms with Gasteiger partial charge < -0.3 is 5.11 Å². The average molecular weight is 132 g/mol. The molecule has 0 radical (unpaired) electrons. The first-order valence-electron chi connectivity index (χ1n) is 2.15. The number of allylic oxidation sites excluding steroid dienone is 3. The van der Waals surface area contributed by atoms with E-state index in [-0.39, 0.29) is 0 Å². The maximum absolute atomic E-state index is 12.0. The first-order chi connectivity index (χ1) is 4.09. The normalized spacial score (nSPS) is 12.2. The number of hydrogen-bond acceptors (Lipinski definition) is 1. The highest BCUT2D eigenvalue weighted by Crippen LogP contribution is 2.13. The molecule has 1 nitrogen and oxygen atoms in total. The fraction of sp³-hybridized carbons (Fsp3) is 0. The van der Waals surface area contributed by atoms with Crippen molar-refractivity contribution >= 4 is 0 Å². The lowest BCUT2D eigenvalue weighted by atomic mass is 10.4. The summed E-state index contributed by atoms with van der Waals surface area (Å²) in [7, 11) is 0. The number of rotatable bonds is 2. The van der Waals surface area contributed by atoms with Gasteiger partial charge in [0.15, 0.2) is 11.7 Å². The third kappa shape index (κ3) is 2.08. The van der Waals surface area contributed by atoms with Crippen molar-refractivity contribution in [3.63, 3.8) is 0 Å². The van der Waals surface area contributed by atoms with Crippen LogP contribution in [0.15, 0.2) is 36.6 Å². The third-order valence-electron chi connectivity index (χ3n) is 0.642. The predicted octanol–water partition coefficient (Wildman–Crippen LogP) is 2.39. The van der Waals surface area contributed by atoms with Crippen LogP contribution >= 0.6 is 0 Å². The van der Waals surface area contributed by atoms with E-state index in [1.165, 1.54) is 0 Å². The Bertz CT molecular complexity index is 170. The monoisotopic (exact) mass is 132 g/mol. The summed E-state index contributed by atoms with van der Waals surface area (Å²) in [6.45, 7) is 5.70. The first kappa shape index (κ1) is 7.88. The van der Waals surface area contributed by atoms with E-state index >= 15 is 0 Å². The molecule has 0 amide bonds. The Morgan fingerprint density at radius 3 is 2.00 bits per heavy atom. The molecule has 0 saturated heterocycles. The molecule has 0 fully saturated rings. The minimum atomic E-state index is -1.37. The molecule has 9 heavy (non-hydrogen) atoms. The van der Waals surface area contributed by atoms with Crippen LogP contribution in [0.4, 0.5) is 8.78 Å². The van der Waals surface area contributed by atoms with Crippen LogP contribution < -0.4 is 0 Å². The molecule has 0 aliphatic rings. The van der Waals surface area contributed by atoms with Crippen LogP contribution in [0, 0.1) is 0 Å². The van der Waals surface area contributed by atoms with E-state index in [1.54, 1.807) is 0 Å². The van der Waals surface area contributed by atoms with Gasteiger partial charge in [-0.05, 0) is 6.08 Å². The fourth-order valence-corrected chi connectivity index (χ4v) is 0.227. The molecular formula is C6H6F2O. The SMILES string of the molecule is C=C/C(F)=C(/F)C(=C)O. The minimum absolute atomic E-state index is 0.650. The van der Waals surface area contributed by atoms with E-state index in [4.69, 9.17) is 5.11 Å². The molecule has 50 valence electrons. The first-order valence-corrected chi connectivity index (χ1v) is 2.15. The fourth-order valence-electron chi connectivity index (χ4n) is 0.227. The molecule has 0 saturated carbocycles. The van der Waals surface area contributed by atoms with E-state index in [2.05, 4.69) is 13.2 Å². The van der Waals surface area contributed by atoms with Crippen LogP contribution in [0.25, 0.3) is 0 Å². The predicted molar refractivity (Wildman–Crippen MR) is 31.2 cm³/mol. The number of aliphatic hydroxyl groups is 1. The molecule has 0 aromatic heterocycles. The zero-order valence-electron chi connectivity index (χ0n) is 4.69. The lowest BCUT2D eigenvalue weighted by Gasteiger charge is -1.91. The van der Waals surface area contributed by atoms with Crippen molar-refractivity contribution in [3.05, 3.63) is 36.6 Å². The van der Waals surface area contributed by atoms with Crippen molar-refractivity contribution in [2.24, 2.45) is 0 Å². The molecule has 0 bridgehead atoms. The Labute approximate surface area is 51.6 Å². The van der Waals surface area contributed by atoms with Gasteiger partial charge in [-0.15, -0.1) is 0 Å². The highest BCUT2D eigenvalue weighted by Gasteiger charge is 2.03. The van der Waals surface area contributed by atoms with E-state index in [0.29, 0.717) is 6.08 Å². The number of halogens is 2. The molecule has 0 unspecified atom stereocenters. The van der Waals surface area contributed by atoms with Gasteiger partial charge in [0.1, 0.15) is 5.76 Å². The minimum Gasteiger partial charge on any atom is -0.505 e. The van der Waals surface area contributed by atoms with Gasteiger partial charge in [0.05, 0.1) is 0 Å². The zero-order chi connectivity index (χ0) is 7.44. The molecule has 0 atom stereocenters. The van der Waals surface area contributed by atoms with E-state index in [9.17, 15) is 8.78 Å². The van der Waals surface area contributed by atoms with E-state index < -0.39 is 17.4 Å². The van der Waals surface area contributed by atoms with Crippen molar-refractivity contribution in [1.29, 1.82) is 0 Å². The van der Waals surface area contributed by atoms with Crippen LogP contribution in [-0.2, 0) is 0 Å². The smallest absolute Gasteiger partial charge is 0.199 e. The Balaban J connectivity index is 4.47. The Morgan fingerprint density at radius 1 is 1.44 bits per heavy atom. The molecular weight excluding hydrogens is 126 g/mol. The summed E-state index contributed by atoms with van der Waals surface area (Å²) in [4.78, 5) is 0. The summed E-state index contributed by atoms with van der Waals surface area (Å²) in [6, 6.07) is 0. The molecule has 0 aliphatic carbocycles. The molecule has 0 aromatic carbocycles. The molecule has 0 spiro atoms. The summed E-state index contributed by atoms with van der Waals surface area (Å²) in [6.07, 6.45) is 0.650. The zero-order valence-corrected chi connectivity index (χ0v) is 4.69.